The molecule has 1 aromatic rings. The molecule has 7 nitrogen and oxygen atoms in total. The molecule has 0 radical (unpaired) electrons. The highest BCUT2D eigenvalue weighted by molar-refractivity contribution is 5.97. The minimum Gasteiger partial charge on any atom is -0.335 e. The van der Waals surface area contributed by atoms with Gasteiger partial charge in [-0.15, -0.1) is 0 Å². The van der Waals surface area contributed by atoms with Crippen molar-refractivity contribution in [2.75, 3.05) is 24.5 Å². The van der Waals surface area contributed by atoms with Crippen LogP contribution < -0.4 is 4.90 Å². The number of rotatable bonds is 2. The van der Waals surface area contributed by atoms with E-state index in [0.29, 0.717) is 23.6 Å². The van der Waals surface area contributed by atoms with E-state index in [2.05, 4.69) is 0 Å². The second kappa shape index (κ2) is 6.58. The Bertz CT molecular complexity index is 758. The summed E-state index contributed by atoms with van der Waals surface area (Å²) in [7, 11) is 0. The monoisotopic (exact) mass is 371 g/mol. The molecule has 2 aliphatic rings. The number of nitro benzene ring substituents is 1. The molecule has 0 bridgehead atoms. The quantitative estimate of drug-likeness (QED) is 0.590. The van der Waals surface area contributed by atoms with E-state index in [1.807, 2.05) is 0 Å². The SMILES string of the molecule is O=C(C1CCN(C(=O)C(F)(F)F)CC1)N1CCc2ccc([N+](=O)[O-])cc21. The Hall–Kier alpha value is -2.65. The fourth-order valence-electron chi connectivity index (χ4n) is 3.44. The van der Waals surface area contributed by atoms with Crippen LogP contribution in [0.3, 0.4) is 0 Å². The number of benzene rings is 1. The molecule has 0 N–H and O–H groups in total. The third kappa shape index (κ3) is 3.35. The number of amides is 2. The van der Waals surface area contributed by atoms with E-state index in [9.17, 15) is 32.9 Å². The van der Waals surface area contributed by atoms with Crippen LogP contribution in [0, 0.1) is 16.0 Å². The van der Waals surface area contributed by atoms with Gasteiger partial charge in [-0.25, -0.2) is 0 Å². The number of piperidine rings is 1. The Balaban J connectivity index is 1.69. The summed E-state index contributed by atoms with van der Waals surface area (Å²) in [6.45, 7) is 0.117. The van der Waals surface area contributed by atoms with Crippen LogP contribution in [0.5, 0.6) is 0 Å². The summed E-state index contributed by atoms with van der Waals surface area (Å²) < 4.78 is 37.4. The van der Waals surface area contributed by atoms with E-state index in [1.54, 1.807) is 6.07 Å². The predicted octanol–water partition coefficient (Wildman–Crippen LogP) is 2.28. The first-order valence-electron chi connectivity index (χ1n) is 8.13. The summed E-state index contributed by atoms with van der Waals surface area (Å²) in [5.41, 5.74) is 1.20. The number of halogens is 3. The summed E-state index contributed by atoms with van der Waals surface area (Å²) in [5, 5.41) is 10.9. The van der Waals surface area contributed by atoms with Crippen LogP contribution in [-0.2, 0) is 16.0 Å². The smallest absolute Gasteiger partial charge is 0.335 e. The Morgan fingerprint density at radius 1 is 1.15 bits per heavy atom. The van der Waals surface area contributed by atoms with Gasteiger partial charge in [-0.3, -0.25) is 19.7 Å². The zero-order valence-electron chi connectivity index (χ0n) is 13.7. The number of carbonyl (C=O) groups is 2. The largest absolute Gasteiger partial charge is 0.471 e. The Morgan fingerprint density at radius 2 is 1.81 bits per heavy atom. The second-order valence-corrected chi connectivity index (χ2v) is 6.37. The number of hydrogen-bond donors (Lipinski definition) is 0. The van der Waals surface area contributed by atoms with Crippen LogP contribution in [0.4, 0.5) is 24.5 Å². The Morgan fingerprint density at radius 3 is 2.38 bits per heavy atom. The van der Waals surface area contributed by atoms with Gasteiger partial charge >= 0.3 is 12.1 Å². The van der Waals surface area contributed by atoms with E-state index in [4.69, 9.17) is 0 Å². The summed E-state index contributed by atoms with van der Waals surface area (Å²) in [6, 6.07) is 4.35. The first kappa shape index (κ1) is 18.2. The maximum Gasteiger partial charge on any atom is 0.471 e. The molecular formula is C16H16F3N3O4. The molecule has 10 heteroatoms. The highest BCUT2D eigenvalue weighted by atomic mass is 19.4. The Labute approximate surface area is 146 Å². The number of likely N-dealkylation sites (tertiary alicyclic amines) is 1. The molecule has 2 heterocycles. The lowest BCUT2D eigenvalue weighted by molar-refractivity contribution is -0.384. The third-order valence-electron chi connectivity index (χ3n) is 4.82. The molecular weight excluding hydrogens is 355 g/mol. The lowest BCUT2D eigenvalue weighted by Crippen LogP contribution is -2.48. The fourth-order valence-corrected chi connectivity index (χ4v) is 3.44. The maximum atomic E-state index is 12.7. The number of alkyl halides is 3. The molecule has 1 saturated heterocycles. The van der Waals surface area contributed by atoms with Gasteiger partial charge in [-0.1, -0.05) is 6.07 Å². The minimum atomic E-state index is -4.91. The first-order valence-corrected chi connectivity index (χ1v) is 8.13. The summed E-state index contributed by atoms with van der Waals surface area (Å²) >= 11 is 0. The van der Waals surface area contributed by atoms with Gasteiger partial charge < -0.3 is 9.80 Å². The molecule has 2 amide bonds. The summed E-state index contributed by atoms with van der Waals surface area (Å²) in [6.07, 6.45) is -4.06. The maximum absolute atomic E-state index is 12.7. The number of anilines is 1. The van der Waals surface area contributed by atoms with Crippen molar-refractivity contribution >= 4 is 23.2 Å². The Kier molecular flexibility index (Phi) is 4.59. The molecule has 26 heavy (non-hydrogen) atoms. The standard InChI is InChI=1S/C16H16F3N3O4/c17-16(18,19)15(24)20-6-3-11(4-7-20)14(23)21-8-5-10-1-2-12(22(25)26)9-13(10)21/h1-2,9,11H,3-8H2. The van der Waals surface area contributed by atoms with E-state index in [1.165, 1.54) is 17.0 Å². The van der Waals surface area contributed by atoms with E-state index in [-0.39, 0.29) is 37.5 Å². The molecule has 3 rings (SSSR count). The van der Waals surface area contributed by atoms with Gasteiger partial charge in [0.2, 0.25) is 5.91 Å². The van der Waals surface area contributed by atoms with Crippen LogP contribution in [0.1, 0.15) is 18.4 Å². The van der Waals surface area contributed by atoms with E-state index < -0.39 is 22.9 Å². The molecule has 0 saturated carbocycles. The molecule has 0 atom stereocenters. The van der Waals surface area contributed by atoms with Crippen molar-refractivity contribution in [2.45, 2.75) is 25.4 Å². The van der Waals surface area contributed by atoms with Crippen LogP contribution in [0.25, 0.3) is 0 Å². The predicted molar refractivity (Wildman–Crippen MR) is 84.5 cm³/mol. The van der Waals surface area contributed by atoms with Crippen LogP contribution in [0.15, 0.2) is 18.2 Å². The zero-order chi connectivity index (χ0) is 19.1. The van der Waals surface area contributed by atoms with Crippen molar-refractivity contribution < 1.29 is 27.7 Å². The molecule has 0 spiro atoms. The number of nitrogens with zero attached hydrogens (tertiary/aromatic N) is 3. The minimum absolute atomic E-state index is 0.117. The fraction of sp³-hybridized carbons (Fsp3) is 0.500. The number of hydrogen-bond acceptors (Lipinski definition) is 4. The lowest BCUT2D eigenvalue weighted by atomic mass is 9.95. The second-order valence-electron chi connectivity index (χ2n) is 6.37. The highest BCUT2D eigenvalue weighted by Crippen LogP contribution is 2.34. The first-order chi connectivity index (χ1) is 12.2. The normalized spacial score (nSPS) is 18.0. The van der Waals surface area contributed by atoms with Gasteiger partial charge in [0.15, 0.2) is 0 Å². The molecule has 0 aliphatic carbocycles. The van der Waals surface area contributed by atoms with Gasteiger partial charge in [-0.05, 0) is 24.8 Å². The van der Waals surface area contributed by atoms with Crippen molar-refractivity contribution in [2.24, 2.45) is 5.92 Å². The number of nitro groups is 1. The average molecular weight is 371 g/mol. The van der Waals surface area contributed by atoms with Gasteiger partial charge in [0.25, 0.3) is 5.69 Å². The highest BCUT2D eigenvalue weighted by Gasteiger charge is 2.44. The third-order valence-corrected chi connectivity index (χ3v) is 4.82. The topological polar surface area (TPSA) is 83.8 Å². The summed E-state index contributed by atoms with van der Waals surface area (Å²) in [4.78, 5) is 36.6. The molecule has 140 valence electrons. The van der Waals surface area contributed by atoms with E-state index >= 15 is 0 Å². The lowest BCUT2D eigenvalue weighted by Gasteiger charge is -2.33. The van der Waals surface area contributed by atoms with Crippen molar-refractivity contribution in [3.63, 3.8) is 0 Å². The van der Waals surface area contributed by atoms with E-state index in [0.717, 1.165) is 5.56 Å². The van der Waals surface area contributed by atoms with Crippen molar-refractivity contribution in [3.05, 3.63) is 33.9 Å². The average Bonchev–Trinajstić information content (AvgIpc) is 3.02. The van der Waals surface area contributed by atoms with Gasteiger partial charge in [0.1, 0.15) is 0 Å². The number of fused-ring (bicyclic) bond motifs is 1. The molecule has 0 unspecified atom stereocenters. The molecule has 0 aromatic heterocycles. The molecule has 1 aromatic carbocycles. The van der Waals surface area contributed by atoms with Crippen molar-refractivity contribution in [1.82, 2.24) is 4.90 Å². The summed E-state index contributed by atoms with van der Waals surface area (Å²) in [5.74, 6) is -2.65. The van der Waals surface area contributed by atoms with Gasteiger partial charge in [0, 0.05) is 37.7 Å². The van der Waals surface area contributed by atoms with Crippen LogP contribution in [0.2, 0.25) is 0 Å². The zero-order valence-corrected chi connectivity index (χ0v) is 13.7. The van der Waals surface area contributed by atoms with Crippen molar-refractivity contribution in [1.29, 1.82) is 0 Å². The molecule has 2 aliphatic heterocycles. The number of non-ortho nitro benzene ring substituents is 1. The van der Waals surface area contributed by atoms with Gasteiger partial charge in [0.05, 0.1) is 10.6 Å². The van der Waals surface area contributed by atoms with Gasteiger partial charge in [-0.2, -0.15) is 13.2 Å². The van der Waals surface area contributed by atoms with Crippen molar-refractivity contribution in [3.8, 4) is 0 Å². The number of carbonyl (C=O) groups excluding carboxylic acids is 2. The van der Waals surface area contributed by atoms with Crippen LogP contribution in [-0.4, -0.2) is 47.4 Å². The molecule has 1 fully saturated rings. The van der Waals surface area contributed by atoms with Crippen LogP contribution >= 0.6 is 0 Å².